The fourth-order valence-corrected chi connectivity index (χ4v) is 4.53. The lowest BCUT2D eigenvalue weighted by Gasteiger charge is -1.98. The zero-order valence-corrected chi connectivity index (χ0v) is 12.3. The van der Waals surface area contributed by atoms with E-state index in [2.05, 4.69) is 11.1 Å². The number of ketones is 1. The van der Waals surface area contributed by atoms with Gasteiger partial charge in [0.05, 0.1) is 22.1 Å². The largest absolute Gasteiger partial charge is 0.360 e. The molecule has 0 bridgehead atoms. The lowest BCUT2D eigenvalue weighted by molar-refractivity contribution is 0.104. The molecule has 0 atom stereocenters. The van der Waals surface area contributed by atoms with Crippen LogP contribution in [0.5, 0.6) is 0 Å². The molecule has 0 spiro atoms. The first kappa shape index (κ1) is 12.3. The van der Waals surface area contributed by atoms with Gasteiger partial charge in [-0.15, -0.1) is 22.7 Å². The summed E-state index contributed by atoms with van der Waals surface area (Å²) in [4.78, 5) is 16.5. The van der Waals surface area contributed by atoms with Crippen LogP contribution in [0.15, 0.2) is 41.9 Å². The highest BCUT2D eigenvalue weighted by atomic mass is 32.1. The van der Waals surface area contributed by atoms with Crippen molar-refractivity contribution in [1.82, 2.24) is 4.98 Å². The summed E-state index contributed by atoms with van der Waals surface area (Å²) in [5, 5.41) is 12.0. The lowest BCUT2D eigenvalue weighted by Crippen LogP contribution is -1.97. The Morgan fingerprint density at radius 2 is 2.14 bits per heavy atom. The van der Waals surface area contributed by atoms with Crippen LogP contribution in [0.4, 0.5) is 0 Å². The van der Waals surface area contributed by atoms with Crippen molar-refractivity contribution in [2.75, 3.05) is 0 Å². The number of carbonyl (C=O) groups excluding carboxylic acids is 1. The highest BCUT2D eigenvalue weighted by Crippen LogP contribution is 2.33. The molecule has 5 heteroatoms. The standard InChI is InChI=1S/C16H8N2OS2/c17-7-9-2-1-3-11-15(9)10(8-18-11)16(19)14-6-13-12(21-14)4-5-20-13/h1-6,8,18H. The minimum absolute atomic E-state index is 0.0302. The van der Waals surface area contributed by atoms with Crippen LogP contribution in [0.1, 0.15) is 20.8 Å². The van der Waals surface area contributed by atoms with E-state index in [-0.39, 0.29) is 5.78 Å². The maximum absolute atomic E-state index is 12.7. The van der Waals surface area contributed by atoms with E-state index in [1.54, 1.807) is 23.6 Å². The third kappa shape index (κ3) is 1.81. The second-order valence-electron chi connectivity index (χ2n) is 4.63. The van der Waals surface area contributed by atoms with Crippen molar-refractivity contribution in [2.45, 2.75) is 0 Å². The van der Waals surface area contributed by atoms with Crippen molar-refractivity contribution in [3.05, 3.63) is 57.9 Å². The number of fused-ring (bicyclic) bond motifs is 2. The smallest absolute Gasteiger partial charge is 0.205 e. The predicted octanol–water partition coefficient (Wildman–Crippen LogP) is 4.55. The Bertz CT molecular complexity index is 1000. The predicted molar refractivity (Wildman–Crippen MR) is 86.1 cm³/mol. The summed E-state index contributed by atoms with van der Waals surface area (Å²) in [5.41, 5.74) is 1.90. The van der Waals surface area contributed by atoms with Crippen LogP contribution in [0.3, 0.4) is 0 Å². The summed E-state index contributed by atoms with van der Waals surface area (Å²) in [7, 11) is 0. The van der Waals surface area contributed by atoms with Gasteiger partial charge in [-0.2, -0.15) is 5.26 Å². The van der Waals surface area contributed by atoms with Gasteiger partial charge in [0.15, 0.2) is 0 Å². The molecule has 0 fully saturated rings. The molecule has 21 heavy (non-hydrogen) atoms. The molecule has 3 nitrogen and oxygen atoms in total. The summed E-state index contributed by atoms with van der Waals surface area (Å²) in [6, 6.07) is 11.5. The van der Waals surface area contributed by atoms with Crippen molar-refractivity contribution in [2.24, 2.45) is 0 Å². The average Bonchev–Trinajstić information content (AvgIpc) is 3.19. The molecule has 0 aliphatic carbocycles. The lowest BCUT2D eigenvalue weighted by atomic mass is 10.0. The topological polar surface area (TPSA) is 56.6 Å². The van der Waals surface area contributed by atoms with E-state index in [1.165, 1.54) is 11.3 Å². The summed E-state index contributed by atoms with van der Waals surface area (Å²) >= 11 is 3.13. The number of aromatic amines is 1. The second kappa shape index (κ2) is 4.55. The van der Waals surface area contributed by atoms with Crippen LogP contribution in [0, 0.1) is 11.3 Å². The van der Waals surface area contributed by atoms with E-state index in [1.807, 2.05) is 29.6 Å². The summed E-state index contributed by atoms with van der Waals surface area (Å²) < 4.78 is 2.26. The van der Waals surface area contributed by atoms with Gasteiger partial charge < -0.3 is 4.98 Å². The molecule has 0 aliphatic heterocycles. The van der Waals surface area contributed by atoms with Gasteiger partial charge >= 0.3 is 0 Å². The average molecular weight is 308 g/mol. The van der Waals surface area contributed by atoms with E-state index >= 15 is 0 Å². The van der Waals surface area contributed by atoms with Gasteiger partial charge in [0.25, 0.3) is 0 Å². The van der Waals surface area contributed by atoms with Crippen LogP contribution in [0.25, 0.3) is 20.3 Å². The normalized spacial score (nSPS) is 11.0. The molecule has 3 heterocycles. The number of benzene rings is 1. The Morgan fingerprint density at radius 1 is 1.24 bits per heavy atom. The number of nitrogens with one attached hydrogen (secondary N) is 1. The molecule has 4 rings (SSSR count). The van der Waals surface area contributed by atoms with Crippen molar-refractivity contribution in [3.8, 4) is 6.07 Å². The fraction of sp³-hybridized carbons (Fsp3) is 0. The molecule has 1 aromatic carbocycles. The quantitative estimate of drug-likeness (QED) is 0.552. The Balaban J connectivity index is 1.92. The van der Waals surface area contributed by atoms with E-state index in [9.17, 15) is 10.1 Å². The van der Waals surface area contributed by atoms with Gasteiger partial charge in [-0.05, 0) is 29.6 Å². The number of H-pyrrole nitrogens is 1. The van der Waals surface area contributed by atoms with E-state index in [0.29, 0.717) is 21.4 Å². The number of nitriles is 1. The van der Waals surface area contributed by atoms with Crippen LogP contribution in [-0.2, 0) is 0 Å². The molecule has 0 radical (unpaired) electrons. The van der Waals surface area contributed by atoms with E-state index < -0.39 is 0 Å². The molecular formula is C16H8N2OS2. The van der Waals surface area contributed by atoms with Crippen molar-refractivity contribution in [1.29, 1.82) is 5.26 Å². The first-order valence-corrected chi connectivity index (χ1v) is 7.99. The summed E-state index contributed by atoms with van der Waals surface area (Å²) in [5.74, 6) is -0.0302. The number of thiophene rings is 2. The Kier molecular flexibility index (Phi) is 2.67. The number of hydrogen-bond acceptors (Lipinski definition) is 4. The Labute approximate surface area is 128 Å². The highest BCUT2D eigenvalue weighted by Gasteiger charge is 2.19. The van der Waals surface area contributed by atoms with Crippen LogP contribution < -0.4 is 0 Å². The maximum atomic E-state index is 12.7. The molecule has 0 aliphatic rings. The molecule has 0 saturated heterocycles. The first-order valence-electron chi connectivity index (χ1n) is 6.30. The summed E-state index contributed by atoms with van der Waals surface area (Å²) in [6.45, 7) is 0. The molecule has 0 unspecified atom stereocenters. The number of hydrogen-bond donors (Lipinski definition) is 1. The van der Waals surface area contributed by atoms with E-state index in [0.717, 1.165) is 14.9 Å². The van der Waals surface area contributed by atoms with Gasteiger partial charge in [-0.1, -0.05) is 6.07 Å². The first-order chi connectivity index (χ1) is 10.3. The van der Waals surface area contributed by atoms with Crippen LogP contribution in [0.2, 0.25) is 0 Å². The number of carbonyl (C=O) groups is 1. The second-order valence-corrected chi connectivity index (χ2v) is 6.66. The Hall–Kier alpha value is -2.42. The maximum Gasteiger partial charge on any atom is 0.205 e. The van der Waals surface area contributed by atoms with Gasteiger partial charge in [0.1, 0.15) is 0 Å². The number of rotatable bonds is 2. The van der Waals surface area contributed by atoms with Gasteiger partial charge in [-0.25, -0.2) is 0 Å². The third-order valence-electron chi connectivity index (χ3n) is 3.43. The van der Waals surface area contributed by atoms with Gasteiger partial charge in [0.2, 0.25) is 5.78 Å². The highest BCUT2D eigenvalue weighted by molar-refractivity contribution is 7.28. The van der Waals surface area contributed by atoms with Crippen molar-refractivity contribution >= 4 is 48.8 Å². The molecule has 1 N–H and O–H groups in total. The minimum atomic E-state index is -0.0302. The van der Waals surface area contributed by atoms with Crippen molar-refractivity contribution in [3.63, 3.8) is 0 Å². The fourth-order valence-electron chi connectivity index (χ4n) is 2.47. The monoisotopic (exact) mass is 308 g/mol. The molecule has 0 saturated carbocycles. The molecule has 4 aromatic rings. The Morgan fingerprint density at radius 3 is 2.95 bits per heavy atom. The van der Waals surface area contributed by atoms with Crippen LogP contribution in [-0.4, -0.2) is 10.8 Å². The minimum Gasteiger partial charge on any atom is -0.360 e. The zero-order chi connectivity index (χ0) is 14.4. The number of aromatic nitrogens is 1. The molecular weight excluding hydrogens is 300 g/mol. The molecule has 0 amide bonds. The summed E-state index contributed by atoms with van der Waals surface area (Å²) in [6.07, 6.45) is 1.70. The van der Waals surface area contributed by atoms with Crippen LogP contribution >= 0.6 is 22.7 Å². The molecule has 100 valence electrons. The van der Waals surface area contributed by atoms with Gasteiger partial charge in [0, 0.05) is 26.5 Å². The van der Waals surface area contributed by atoms with E-state index in [4.69, 9.17) is 0 Å². The number of nitrogens with zero attached hydrogens (tertiary/aromatic N) is 1. The third-order valence-corrected chi connectivity index (χ3v) is 5.53. The zero-order valence-electron chi connectivity index (χ0n) is 10.7. The molecule has 3 aromatic heterocycles. The SMILES string of the molecule is N#Cc1cccc2[nH]cc(C(=O)c3cc4sccc4s3)c12. The van der Waals surface area contributed by atoms with Gasteiger partial charge in [-0.3, -0.25) is 4.79 Å². The van der Waals surface area contributed by atoms with Crippen molar-refractivity contribution < 1.29 is 4.79 Å².